The average molecular weight is 276 g/mol. The van der Waals surface area contributed by atoms with E-state index in [4.69, 9.17) is 0 Å². The smallest absolute Gasteiger partial charge is 0.00490 e. The number of fused-ring (bicyclic) bond motifs is 1. The van der Waals surface area contributed by atoms with Crippen molar-refractivity contribution in [3.05, 3.63) is 65.2 Å². The highest BCUT2D eigenvalue weighted by Gasteiger charge is 2.20. The van der Waals surface area contributed by atoms with Crippen molar-refractivity contribution in [3.63, 3.8) is 0 Å². The molecule has 0 fully saturated rings. The first-order chi connectivity index (χ1) is 10.3. The Bertz CT molecular complexity index is 634. The van der Waals surface area contributed by atoms with Gasteiger partial charge in [0.2, 0.25) is 0 Å². The van der Waals surface area contributed by atoms with Crippen LogP contribution in [0, 0.1) is 5.92 Å². The molecule has 0 radical (unpaired) electrons. The summed E-state index contributed by atoms with van der Waals surface area (Å²) in [5.41, 5.74) is 7.30. The van der Waals surface area contributed by atoms with Crippen LogP contribution in [0.25, 0.3) is 17.2 Å². The number of hydrogen-bond donors (Lipinski definition) is 0. The van der Waals surface area contributed by atoms with E-state index >= 15 is 0 Å². The highest BCUT2D eigenvalue weighted by Crippen LogP contribution is 2.37. The second-order valence-electron chi connectivity index (χ2n) is 6.18. The Morgan fingerprint density at radius 2 is 1.81 bits per heavy atom. The zero-order valence-electron chi connectivity index (χ0n) is 13.1. The highest BCUT2D eigenvalue weighted by molar-refractivity contribution is 5.77. The van der Waals surface area contributed by atoms with Gasteiger partial charge in [0, 0.05) is 0 Å². The number of benzene rings is 2. The maximum absolute atomic E-state index is 2.43. The Hall–Kier alpha value is -1.82. The van der Waals surface area contributed by atoms with Gasteiger partial charge in [-0.05, 0) is 41.0 Å². The topological polar surface area (TPSA) is 0 Å². The van der Waals surface area contributed by atoms with Crippen LogP contribution < -0.4 is 0 Å². The van der Waals surface area contributed by atoms with Crippen LogP contribution in [-0.2, 0) is 6.42 Å². The molecular weight excluding hydrogens is 252 g/mol. The van der Waals surface area contributed by atoms with Gasteiger partial charge in [-0.1, -0.05) is 86.9 Å². The molecule has 108 valence electrons. The molecule has 21 heavy (non-hydrogen) atoms. The quantitative estimate of drug-likeness (QED) is 0.617. The van der Waals surface area contributed by atoms with Gasteiger partial charge in [0.1, 0.15) is 0 Å². The van der Waals surface area contributed by atoms with Gasteiger partial charge in [0.25, 0.3) is 0 Å². The summed E-state index contributed by atoms with van der Waals surface area (Å²) in [5, 5.41) is 0. The first-order valence-corrected chi connectivity index (χ1v) is 8.17. The summed E-state index contributed by atoms with van der Waals surface area (Å²) in [6.07, 6.45) is 7.50. The van der Waals surface area contributed by atoms with Gasteiger partial charge in [0.05, 0.1) is 0 Å². The molecule has 0 heterocycles. The van der Waals surface area contributed by atoms with E-state index in [1.165, 1.54) is 41.5 Å². The van der Waals surface area contributed by atoms with E-state index in [0.29, 0.717) is 5.92 Å². The molecule has 0 saturated carbocycles. The fourth-order valence-electron chi connectivity index (χ4n) is 3.29. The second kappa shape index (κ2) is 6.30. The second-order valence-corrected chi connectivity index (χ2v) is 6.18. The van der Waals surface area contributed by atoms with E-state index in [2.05, 4.69) is 68.5 Å². The lowest BCUT2D eigenvalue weighted by Crippen LogP contribution is -2.00. The monoisotopic (exact) mass is 276 g/mol. The molecule has 0 aromatic heterocycles. The van der Waals surface area contributed by atoms with E-state index in [1.54, 1.807) is 5.57 Å². The average Bonchev–Trinajstić information content (AvgIpc) is 2.97. The normalized spacial score (nSPS) is 14.7. The van der Waals surface area contributed by atoms with Crippen LogP contribution in [0.3, 0.4) is 0 Å². The maximum atomic E-state index is 2.43. The molecule has 0 N–H and O–H groups in total. The minimum atomic E-state index is 0.709. The van der Waals surface area contributed by atoms with Gasteiger partial charge >= 0.3 is 0 Å². The summed E-state index contributed by atoms with van der Waals surface area (Å²) < 4.78 is 0. The molecule has 0 heteroatoms. The molecule has 0 amide bonds. The van der Waals surface area contributed by atoms with Crippen LogP contribution >= 0.6 is 0 Å². The number of unbranched alkanes of at least 4 members (excludes halogenated alkanes) is 1. The first kappa shape index (κ1) is 14.1. The molecule has 1 atom stereocenters. The van der Waals surface area contributed by atoms with Crippen LogP contribution in [0.2, 0.25) is 0 Å². The predicted octanol–water partition coefficient (Wildman–Crippen LogP) is 6.12. The lowest BCUT2D eigenvalue weighted by atomic mass is 9.91. The van der Waals surface area contributed by atoms with E-state index in [1.807, 2.05) is 0 Å². The van der Waals surface area contributed by atoms with Crippen molar-refractivity contribution in [2.45, 2.75) is 39.5 Å². The molecule has 0 nitrogen and oxygen atoms in total. The van der Waals surface area contributed by atoms with Crippen LogP contribution in [0.5, 0.6) is 0 Å². The third-order valence-corrected chi connectivity index (χ3v) is 4.64. The van der Waals surface area contributed by atoms with Gasteiger partial charge in [-0.25, -0.2) is 0 Å². The zero-order chi connectivity index (χ0) is 14.7. The van der Waals surface area contributed by atoms with E-state index in [-0.39, 0.29) is 0 Å². The third-order valence-electron chi connectivity index (χ3n) is 4.64. The Morgan fingerprint density at radius 3 is 2.57 bits per heavy atom. The number of rotatable bonds is 5. The van der Waals surface area contributed by atoms with Crippen molar-refractivity contribution in [1.29, 1.82) is 0 Å². The summed E-state index contributed by atoms with van der Waals surface area (Å²) in [5.74, 6) is 0.709. The molecule has 3 rings (SSSR count). The number of allylic oxidation sites excluding steroid dienone is 1. The molecule has 2 aromatic rings. The molecular formula is C21H24. The molecule has 1 aliphatic rings. The summed E-state index contributed by atoms with van der Waals surface area (Å²) in [6, 6.07) is 17.5. The summed E-state index contributed by atoms with van der Waals surface area (Å²) in [4.78, 5) is 0. The minimum absolute atomic E-state index is 0.709. The largest absolute Gasteiger partial charge is 0.0654 e. The Morgan fingerprint density at radius 1 is 1.00 bits per heavy atom. The summed E-state index contributed by atoms with van der Waals surface area (Å²) in [7, 11) is 0. The predicted molar refractivity (Wildman–Crippen MR) is 92.2 cm³/mol. The van der Waals surface area contributed by atoms with Crippen molar-refractivity contribution in [2.24, 2.45) is 5.92 Å². The standard InChI is InChI=1S/C21H24/c1-3-4-9-16(2)19-14-18-12-8-13-20(21(18)15-19)17-10-6-5-7-11-17/h5-8,10-14,16H,3-4,9,15H2,1-2H3. The molecule has 0 aliphatic heterocycles. The summed E-state index contributed by atoms with van der Waals surface area (Å²) >= 11 is 0. The van der Waals surface area contributed by atoms with Crippen LogP contribution in [0.15, 0.2) is 54.1 Å². The Balaban J connectivity index is 1.87. The Labute approximate surface area is 128 Å². The van der Waals surface area contributed by atoms with Crippen molar-refractivity contribution in [3.8, 4) is 11.1 Å². The lowest BCUT2D eigenvalue weighted by molar-refractivity contribution is 0.567. The van der Waals surface area contributed by atoms with Crippen molar-refractivity contribution in [2.75, 3.05) is 0 Å². The fraction of sp³-hybridized carbons (Fsp3) is 0.333. The zero-order valence-corrected chi connectivity index (χ0v) is 13.1. The van der Waals surface area contributed by atoms with Gasteiger partial charge < -0.3 is 0 Å². The fourth-order valence-corrected chi connectivity index (χ4v) is 3.29. The van der Waals surface area contributed by atoms with Gasteiger partial charge in [-0.3, -0.25) is 0 Å². The number of hydrogen-bond acceptors (Lipinski definition) is 0. The molecule has 2 aromatic carbocycles. The van der Waals surface area contributed by atoms with Crippen molar-refractivity contribution in [1.82, 2.24) is 0 Å². The van der Waals surface area contributed by atoms with Crippen LogP contribution in [-0.4, -0.2) is 0 Å². The van der Waals surface area contributed by atoms with Crippen LogP contribution in [0.1, 0.15) is 44.2 Å². The Kier molecular flexibility index (Phi) is 4.24. The minimum Gasteiger partial charge on any atom is -0.0654 e. The van der Waals surface area contributed by atoms with Crippen molar-refractivity contribution < 1.29 is 0 Å². The summed E-state index contributed by atoms with van der Waals surface area (Å²) in [6.45, 7) is 4.66. The van der Waals surface area contributed by atoms with Gasteiger partial charge in [-0.2, -0.15) is 0 Å². The van der Waals surface area contributed by atoms with E-state index in [9.17, 15) is 0 Å². The van der Waals surface area contributed by atoms with Crippen LogP contribution in [0.4, 0.5) is 0 Å². The highest BCUT2D eigenvalue weighted by atomic mass is 14.2. The first-order valence-electron chi connectivity index (χ1n) is 8.17. The molecule has 0 saturated heterocycles. The molecule has 1 unspecified atom stereocenters. The lowest BCUT2D eigenvalue weighted by Gasteiger charge is -2.13. The third kappa shape index (κ3) is 2.95. The molecule has 0 bridgehead atoms. The van der Waals surface area contributed by atoms with Crippen molar-refractivity contribution >= 4 is 6.08 Å². The van der Waals surface area contributed by atoms with Gasteiger partial charge in [-0.15, -0.1) is 0 Å². The molecule has 0 spiro atoms. The maximum Gasteiger partial charge on any atom is -0.00490 e. The molecule has 1 aliphatic carbocycles. The SMILES string of the molecule is CCCCC(C)C1=Cc2cccc(-c3ccccc3)c2C1. The van der Waals surface area contributed by atoms with E-state index in [0.717, 1.165) is 6.42 Å². The van der Waals surface area contributed by atoms with E-state index < -0.39 is 0 Å². The van der Waals surface area contributed by atoms with Gasteiger partial charge in [0.15, 0.2) is 0 Å².